The minimum atomic E-state index is 0.247. The summed E-state index contributed by atoms with van der Waals surface area (Å²) < 4.78 is 0. The highest BCUT2D eigenvalue weighted by Gasteiger charge is 1.99. The van der Waals surface area contributed by atoms with Gasteiger partial charge < -0.3 is 5.11 Å². The van der Waals surface area contributed by atoms with Gasteiger partial charge >= 0.3 is 0 Å². The highest BCUT2D eigenvalue weighted by atomic mass is 32.2. The van der Waals surface area contributed by atoms with Crippen LogP contribution < -0.4 is 0 Å². The maximum Gasteiger partial charge on any atom is 0.0525 e. The van der Waals surface area contributed by atoms with Crippen LogP contribution in [0.4, 0.5) is 0 Å². The van der Waals surface area contributed by atoms with Gasteiger partial charge in [-0.05, 0) is 23.6 Å². The van der Waals surface area contributed by atoms with Gasteiger partial charge in [-0.15, -0.1) is 11.8 Å². The molecule has 1 aromatic rings. The quantitative estimate of drug-likeness (QED) is 0.747. The Bertz CT molecular complexity index is 258. The summed E-state index contributed by atoms with van der Waals surface area (Å²) in [6.07, 6.45) is 0. The van der Waals surface area contributed by atoms with Crippen LogP contribution in [0.3, 0.4) is 0 Å². The van der Waals surface area contributed by atoms with Crippen LogP contribution in [-0.4, -0.2) is 17.5 Å². The third-order valence-electron chi connectivity index (χ3n) is 1.88. The normalized spacial score (nSPS) is 10.8. The lowest BCUT2D eigenvalue weighted by Gasteiger charge is -2.06. The van der Waals surface area contributed by atoms with E-state index in [0.29, 0.717) is 5.92 Å². The average Bonchev–Trinajstić information content (AvgIpc) is 2.15. The summed E-state index contributed by atoms with van der Waals surface area (Å²) >= 11 is 1.70. The van der Waals surface area contributed by atoms with Gasteiger partial charge in [0.1, 0.15) is 0 Å². The van der Waals surface area contributed by atoms with Crippen molar-refractivity contribution >= 4 is 11.8 Å². The van der Waals surface area contributed by atoms with Crippen LogP contribution in [-0.2, 0) is 0 Å². The first kappa shape index (κ1) is 10.6. The summed E-state index contributed by atoms with van der Waals surface area (Å²) in [5, 5.41) is 8.69. The predicted octanol–water partition coefficient (Wildman–Crippen LogP) is 2.89. The first-order valence-corrected chi connectivity index (χ1v) is 5.56. The summed E-state index contributed by atoms with van der Waals surface area (Å²) in [6, 6.07) is 8.51. The van der Waals surface area contributed by atoms with Gasteiger partial charge in [0.2, 0.25) is 0 Å². The number of aliphatic hydroxyl groups excluding tert-OH is 1. The summed E-state index contributed by atoms with van der Waals surface area (Å²) in [4.78, 5) is 1.25. The zero-order valence-electron chi connectivity index (χ0n) is 8.16. The van der Waals surface area contributed by atoms with Crippen LogP contribution in [0, 0.1) is 0 Å². The largest absolute Gasteiger partial charge is 0.396 e. The Morgan fingerprint density at radius 2 is 2.15 bits per heavy atom. The Balaban J connectivity index is 2.68. The van der Waals surface area contributed by atoms with Crippen molar-refractivity contribution in [2.45, 2.75) is 24.7 Å². The highest BCUT2D eigenvalue weighted by molar-refractivity contribution is 7.99. The molecule has 13 heavy (non-hydrogen) atoms. The number of hydrogen-bond donors (Lipinski definition) is 1. The number of hydrogen-bond acceptors (Lipinski definition) is 2. The summed E-state index contributed by atoms with van der Waals surface area (Å²) in [5.74, 6) is 1.36. The average molecular weight is 196 g/mol. The summed E-state index contributed by atoms with van der Waals surface area (Å²) in [7, 11) is 0. The smallest absolute Gasteiger partial charge is 0.0525 e. The zero-order valence-corrected chi connectivity index (χ0v) is 8.97. The van der Waals surface area contributed by atoms with E-state index < -0.39 is 0 Å². The maximum absolute atomic E-state index is 8.69. The summed E-state index contributed by atoms with van der Waals surface area (Å²) in [6.45, 7) is 4.63. The van der Waals surface area contributed by atoms with Gasteiger partial charge in [-0.2, -0.15) is 0 Å². The molecule has 72 valence electrons. The molecular weight excluding hydrogens is 180 g/mol. The molecule has 0 unspecified atom stereocenters. The van der Waals surface area contributed by atoms with Crippen molar-refractivity contribution < 1.29 is 5.11 Å². The zero-order chi connectivity index (χ0) is 9.68. The molecule has 0 atom stereocenters. The molecule has 1 nitrogen and oxygen atoms in total. The second kappa shape index (κ2) is 5.30. The van der Waals surface area contributed by atoms with Gasteiger partial charge in [0.25, 0.3) is 0 Å². The third kappa shape index (κ3) is 3.41. The molecule has 0 aliphatic carbocycles. The van der Waals surface area contributed by atoms with Gasteiger partial charge in [0.05, 0.1) is 6.61 Å². The summed E-state index contributed by atoms with van der Waals surface area (Å²) in [5.41, 5.74) is 1.36. The minimum Gasteiger partial charge on any atom is -0.396 e. The Morgan fingerprint density at radius 1 is 1.38 bits per heavy atom. The van der Waals surface area contributed by atoms with E-state index in [0.717, 1.165) is 5.75 Å². The lowest BCUT2D eigenvalue weighted by atomic mass is 10.0. The second-order valence-corrected chi connectivity index (χ2v) is 4.47. The Hall–Kier alpha value is -0.470. The molecule has 0 aromatic heterocycles. The Morgan fingerprint density at radius 3 is 2.77 bits per heavy atom. The van der Waals surface area contributed by atoms with Crippen LogP contribution in [0.25, 0.3) is 0 Å². The van der Waals surface area contributed by atoms with Crippen LogP contribution in [0.15, 0.2) is 29.2 Å². The molecule has 1 rings (SSSR count). The molecule has 0 amide bonds. The van der Waals surface area contributed by atoms with Crippen molar-refractivity contribution in [2.75, 3.05) is 12.4 Å². The van der Waals surface area contributed by atoms with Crippen LogP contribution in [0.2, 0.25) is 0 Å². The van der Waals surface area contributed by atoms with Crippen molar-refractivity contribution in [2.24, 2.45) is 0 Å². The van der Waals surface area contributed by atoms with Crippen molar-refractivity contribution in [3.8, 4) is 0 Å². The van der Waals surface area contributed by atoms with Gasteiger partial charge in [0, 0.05) is 10.6 Å². The SMILES string of the molecule is CC(C)c1cccc(SCCO)c1. The van der Waals surface area contributed by atoms with Gasteiger partial charge in [-0.25, -0.2) is 0 Å². The molecular formula is C11H16OS. The fourth-order valence-electron chi connectivity index (χ4n) is 1.13. The van der Waals surface area contributed by atoms with E-state index in [2.05, 4.69) is 38.1 Å². The van der Waals surface area contributed by atoms with Crippen molar-refractivity contribution in [1.29, 1.82) is 0 Å². The Labute approximate surface area is 84.2 Å². The molecule has 0 spiro atoms. The van der Waals surface area contributed by atoms with Gasteiger partial charge in [-0.3, -0.25) is 0 Å². The molecule has 0 fully saturated rings. The molecule has 0 saturated carbocycles. The van der Waals surface area contributed by atoms with E-state index >= 15 is 0 Å². The second-order valence-electron chi connectivity index (χ2n) is 3.30. The van der Waals surface area contributed by atoms with E-state index in [4.69, 9.17) is 5.11 Å². The Kier molecular flexibility index (Phi) is 4.33. The third-order valence-corrected chi connectivity index (χ3v) is 2.86. The monoisotopic (exact) mass is 196 g/mol. The number of aliphatic hydroxyl groups is 1. The van der Waals surface area contributed by atoms with E-state index in [1.807, 2.05) is 0 Å². The molecule has 2 heteroatoms. The van der Waals surface area contributed by atoms with E-state index in [1.165, 1.54) is 10.5 Å². The molecule has 0 aliphatic heterocycles. The number of thioether (sulfide) groups is 1. The highest BCUT2D eigenvalue weighted by Crippen LogP contribution is 2.22. The van der Waals surface area contributed by atoms with Crippen LogP contribution >= 0.6 is 11.8 Å². The van der Waals surface area contributed by atoms with Crippen molar-refractivity contribution in [3.63, 3.8) is 0 Å². The first-order chi connectivity index (χ1) is 6.24. The van der Waals surface area contributed by atoms with Crippen molar-refractivity contribution in [1.82, 2.24) is 0 Å². The lowest BCUT2D eigenvalue weighted by molar-refractivity contribution is 0.322. The van der Waals surface area contributed by atoms with E-state index in [9.17, 15) is 0 Å². The molecule has 0 heterocycles. The fourth-order valence-corrected chi connectivity index (χ4v) is 1.85. The first-order valence-electron chi connectivity index (χ1n) is 4.57. The van der Waals surface area contributed by atoms with Gasteiger partial charge in [0.15, 0.2) is 0 Å². The molecule has 0 radical (unpaired) electrons. The molecule has 0 bridgehead atoms. The number of rotatable bonds is 4. The standard InChI is InChI=1S/C11H16OS/c1-9(2)10-4-3-5-11(8-10)13-7-6-12/h3-5,8-9,12H,6-7H2,1-2H3. The van der Waals surface area contributed by atoms with E-state index in [-0.39, 0.29) is 6.61 Å². The molecule has 1 N–H and O–H groups in total. The topological polar surface area (TPSA) is 20.2 Å². The fraction of sp³-hybridized carbons (Fsp3) is 0.455. The number of benzene rings is 1. The van der Waals surface area contributed by atoms with Crippen LogP contribution in [0.1, 0.15) is 25.3 Å². The molecule has 1 aromatic carbocycles. The van der Waals surface area contributed by atoms with Crippen LogP contribution in [0.5, 0.6) is 0 Å². The molecule has 0 saturated heterocycles. The predicted molar refractivity (Wildman–Crippen MR) is 58.3 cm³/mol. The van der Waals surface area contributed by atoms with E-state index in [1.54, 1.807) is 11.8 Å². The lowest BCUT2D eigenvalue weighted by Crippen LogP contribution is -1.89. The van der Waals surface area contributed by atoms with Crippen molar-refractivity contribution in [3.05, 3.63) is 29.8 Å². The maximum atomic E-state index is 8.69. The minimum absolute atomic E-state index is 0.247. The molecule has 0 aliphatic rings. The van der Waals surface area contributed by atoms with Gasteiger partial charge in [-0.1, -0.05) is 26.0 Å².